The fraction of sp³-hybridized carbons (Fsp3) is 0.682. The minimum Gasteiger partial charge on any atom is -0.356 e. The van der Waals surface area contributed by atoms with E-state index < -0.39 is 0 Å². The van der Waals surface area contributed by atoms with E-state index in [1.54, 1.807) is 0 Å². The van der Waals surface area contributed by atoms with Gasteiger partial charge in [-0.05, 0) is 58.9 Å². The Morgan fingerprint density at radius 3 is 2.36 bits per heavy atom. The Labute approximate surface area is 189 Å². The molecule has 28 heavy (non-hydrogen) atoms. The van der Waals surface area contributed by atoms with Crippen LogP contribution in [0.1, 0.15) is 43.7 Å². The molecule has 5 nitrogen and oxygen atoms in total. The van der Waals surface area contributed by atoms with Crippen molar-refractivity contribution < 1.29 is 0 Å². The highest BCUT2D eigenvalue weighted by Crippen LogP contribution is 2.13. The van der Waals surface area contributed by atoms with Crippen molar-refractivity contribution in [1.82, 2.24) is 20.4 Å². The zero-order chi connectivity index (χ0) is 19.5. The molecule has 0 unspecified atom stereocenters. The van der Waals surface area contributed by atoms with E-state index in [1.165, 1.54) is 49.9 Å². The maximum Gasteiger partial charge on any atom is 0.191 e. The zero-order valence-electron chi connectivity index (χ0n) is 18.2. The van der Waals surface area contributed by atoms with Crippen LogP contribution in [0, 0.1) is 6.92 Å². The quantitative estimate of drug-likeness (QED) is 0.236. The van der Waals surface area contributed by atoms with Crippen LogP contribution in [0.25, 0.3) is 0 Å². The number of piperidine rings is 1. The molecule has 0 radical (unpaired) electrons. The smallest absolute Gasteiger partial charge is 0.191 e. The Bertz CT molecular complexity index is 551. The van der Waals surface area contributed by atoms with Crippen molar-refractivity contribution in [3.05, 3.63) is 35.4 Å². The van der Waals surface area contributed by atoms with Gasteiger partial charge in [-0.25, -0.2) is 4.99 Å². The van der Waals surface area contributed by atoms with Gasteiger partial charge in [-0.1, -0.05) is 43.2 Å². The van der Waals surface area contributed by atoms with Gasteiger partial charge in [0.15, 0.2) is 5.96 Å². The summed E-state index contributed by atoms with van der Waals surface area (Å²) >= 11 is 0. The summed E-state index contributed by atoms with van der Waals surface area (Å²) in [5, 5.41) is 7.00. The van der Waals surface area contributed by atoms with Gasteiger partial charge in [0.2, 0.25) is 0 Å². The molecule has 0 aliphatic carbocycles. The van der Waals surface area contributed by atoms with E-state index >= 15 is 0 Å². The van der Waals surface area contributed by atoms with Gasteiger partial charge in [0.1, 0.15) is 0 Å². The summed E-state index contributed by atoms with van der Waals surface area (Å²) in [4.78, 5) is 9.71. The molecule has 0 spiro atoms. The first-order valence-corrected chi connectivity index (χ1v) is 10.5. The van der Waals surface area contributed by atoms with E-state index in [0.717, 1.165) is 38.2 Å². The number of likely N-dealkylation sites (tertiary alicyclic amines) is 1. The largest absolute Gasteiger partial charge is 0.356 e. The number of aliphatic imine (C=N–C) groups is 1. The Balaban J connectivity index is 0.00000392. The molecule has 0 bridgehead atoms. The van der Waals surface area contributed by atoms with Crippen LogP contribution in [0.4, 0.5) is 0 Å². The number of hydrogen-bond acceptors (Lipinski definition) is 3. The number of nitrogens with zero attached hydrogens (tertiary/aromatic N) is 3. The van der Waals surface area contributed by atoms with Crippen molar-refractivity contribution in [3.63, 3.8) is 0 Å². The summed E-state index contributed by atoms with van der Waals surface area (Å²) in [6.07, 6.45) is 4.91. The van der Waals surface area contributed by atoms with Gasteiger partial charge in [-0.3, -0.25) is 0 Å². The number of halogens is 1. The highest BCUT2D eigenvalue weighted by atomic mass is 127. The Morgan fingerprint density at radius 1 is 1.11 bits per heavy atom. The molecule has 1 heterocycles. The van der Waals surface area contributed by atoms with E-state index in [4.69, 9.17) is 4.99 Å². The van der Waals surface area contributed by atoms with Gasteiger partial charge in [-0.15, -0.1) is 24.0 Å². The van der Waals surface area contributed by atoms with E-state index in [9.17, 15) is 0 Å². The van der Waals surface area contributed by atoms with E-state index in [0.29, 0.717) is 0 Å². The van der Waals surface area contributed by atoms with Gasteiger partial charge in [0.05, 0.1) is 6.54 Å². The Kier molecular flexibility index (Phi) is 12.7. The second-order valence-corrected chi connectivity index (χ2v) is 7.89. The summed E-state index contributed by atoms with van der Waals surface area (Å²) in [7, 11) is 4.39. The third-order valence-corrected chi connectivity index (χ3v) is 5.37. The molecule has 2 N–H and O–H groups in total. The van der Waals surface area contributed by atoms with Crippen molar-refractivity contribution in [2.75, 3.05) is 46.8 Å². The minimum atomic E-state index is 0. The van der Waals surface area contributed by atoms with E-state index in [-0.39, 0.29) is 24.0 Å². The monoisotopic (exact) mass is 501 g/mol. The fourth-order valence-electron chi connectivity index (χ4n) is 3.41. The van der Waals surface area contributed by atoms with Gasteiger partial charge < -0.3 is 20.4 Å². The maximum absolute atomic E-state index is 4.78. The number of unbranched alkanes of at least 4 members (excludes halogenated alkanes) is 1. The van der Waals surface area contributed by atoms with Crippen LogP contribution in [0.3, 0.4) is 0 Å². The number of benzene rings is 1. The first kappa shape index (κ1) is 25.2. The predicted octanol–water partition coefficient (Wildman–Crippen LogP) is 3.47. The molecule has 1 aromatic rings. The molecule has 1 saturated heterocycles. The minimum absolute atomic E-state index is 0. The van der Waals surface area contributed by atoms with Crippen molar-refractivity contribution in [2.45, 2.75) is 52.1 Å². The molecule has 6 heteroatoms. The molecule has 1 aliphatic rings. The highest BCUT2D eigenvalue weighted by molar-refractivity contribution is 14.0. The van der Waals surface area contributed by atoms with E-state index in [1.807, 2.05) is 0 Å². The average Bonchev–Trinajstić information content (AvgIpc) is 2.67. The predicted molar refractivity (Wildman–Crippen MR) is 132 cm³/mol. The SMILES string of the molecule is CCCCNC(=NCc1ccc(C)cc1)NCCN1CCC(N(C)C)CC1.I. The van der Waals surface area contributed by atoms with Crippen LogP contribution in [0.5, 0.6) is 0 Å². The van der Waals surface area contributed by atoms with Crippen molar-refractivity contribution >= 4 is 29.9 Å². The normalized spacial score (nSPS) is 16.1. The second-order valence-electron chi connectivity index (χ2n) is 7.89. The molecule has 0 aromatic heterocycles. The topological polar surface area (TPSA) is 42.9 Å². The standard InChI is InChI=1S/C22H39N5.HI/c1-5-6-13-23-22(25-18-20-9-7-19(2)8-10-20)24-14-17-27-15-11-21(12-16-27)26(3)4;/h7-10,21H,5-6,11-18H2,1-4H3,(H2,23,24,25);1H. The average molecular weight is 502 g/mol. The number of hydrogen-bond donors (Lipinski definition) is 2. The lowest BCUT2D eigenvalue weighted by atomic mass is 10.0. The highest BCUT2D eigenvalue weighted by Gasteiger charge is 2.19. The molecule has 1 aromatic carbocycles. The summed E-state index contributed by atoms with van der Waals surface area (Å²) < 4.78 is 0. The molecule has 0 amide bonds. The van der Waals surface area contributed by atoms with Gasteiger partial charge >= 0.3 is 0 Å². The number of nitrogens with one attached hydrogen (secondary N) is 2. The molecular weight excluding hydrogens is 461 g/mol. The first-order chi connectivity index (χ1) is 13.1. The third kappa shape index (κ3) is 9.56. The molecular formula is C22H40IN5. The Hall–Kier alpha value is -0.860. The van der Waals surface area contributed by atoms with Crippen molar-refractivity contribution in [2.24, 2.45) is 4.99 Å². The second kappa shape index (κ2) is 14.2. The molecule has 0 atom stereocenters. The summed E-state index contributed by atoms with van der Waals surface area (Å²) in [6.45, 7) is 10.5. The Morgan fingerprint density at radius 2 is 1.75 bits per heavy atom. The van der Waals surface area contributed by atoms with Crippen LogP contribution >= 0.6 is 24.0 Å². The van der Waals surface area contributed by atoms with Gasteiger partial charge in [0.25, 0.3) is 0 Å². The summed E-state index contributed by atoms with van der Waals surface area (Å²) in [5.41, 5.74) is 2.54. The van der Waals surface area contributed by atoms with Crippen molar-refractivity contribution in [1.29, 1.82) is 0 Å². The number of aryl methyl sites for hydroxylation is 1. The van der Waals surface area contributed by atoms with Crippen LogP contribution in [-0.4, -0.2) is 68.6 Å². The fourth-order valence-corrected chi connectivity index (χ4v) is 3.41. The molecule has 160 valence electrons. The van der Waals surface area contributed by atoms with E-state index in [2.05, 4.69) is 72.6 Å². The van der Waals surface area contributed by atoms with Crippen LogP contribution in [-0.2, 0) is 6.54 Å². The molecule has 1 fully saturated rings. The molecule has 0 saturated carbocycles. The lowest BCUT2D eigenvalue weighted by Gasteiger charge is -2.35. The molecule has 1 aliphatic heterocycles. The maximum atomic E-state index is 4.78. The summed E-state index contributed by atoms with van der Waals surface area (Å²) in [6, 6.07) is 9.38. The van der Waals surface area contributed by atoms with Crippen LogP contribution in [0.2, 0.25) is 0 Å². The van der Waals surface area contributed by atoms with Crippen LogP contribution < -0.4 is 10.6 Å². The van der Waals surface area contributed by atoms with Crippen LogP contribution in [0.15, 0.2) is 29.3 Å². The third-order valence-electron chi connectivity index (χ3n) is 5.37. The van der Waals surface area contributed by atoms with Crippen molar-refractivity contribution in [3.8, 4) is 0 Å². The number of rotatable bonds is 9. The lowest BCUT2D eigenvalue weighted by Crippen LogP contribution is -2.46. The van der Waals surface area contributed by atoms with Gasteiger partial charge in [0, 0.05) is 25.7 Å². The summed E-state index contributed by atoms with van der Waals surface area (Å²) in [5.74, 6) is 0.937. The molecule has 2 rings (SSSR count). The first-order valence-electron chi connectivity index (χ1n) is 10.5. The number of guanidine groups is 1. The van der Waals surface area contributed by atoms with Gasteiger partial charge in [-0.2, -0.15) is 0 Å². The zero-order valence-corrected chi connectivity index (χ0v) is 20.5. The lowest BCUT2D eigenvalue weighted by molar-refractivity contribution is 0.146.